The molecule has 5 rings (SSSR count). The predicted molar refractivity (Wildman–Crippen MR) is 116 cm³/mol. The van der Waals surface area contributed by atoms with Crippen molar-refractivity contribution in [3.05, 3.63) is 69.8 Å². The summed E-state index contributed by atoms with van der Waals surface area (Å²) in [5.74, 6) is 0. The van der Waals surface area contributed by atoms with Crippen molar-refractivity contribution in [3.8, 4) is 6.07 Å². The molecule has 0 unspecified atom stereocenters. The van der Waals surface area contributed by atoms with Gasteiger partial charge in [0.1, 0.15) is 0 Å². The number of hydrogen-bond donors (Lipinski definition) is 0. The van der Waals surface area contributed by atoms with Crippen LogP contribution in [-0.4, -0.2) is 0 Å². The molecule has 0 saturated carbocycles. The van der Waals surface area contributed by atoms with Gasteiger partial charge in [-0.1, -0.05) is 30.3 Å². The first-order chi connectivity index (χ1) is 12.9. The maximum atomic E-state index is 9.97. The Hall–Kier alpha value is -3.11. The van der Waals surface area contributed by atoms with Gasteiger partial charge in [-0.25, -0.2) is 0 Å². The van der Waals surface area contributed by atoms with Gasteiger partial charge in [0.05, 0.1) is 11.6 Å². The number of nitriles is 1. The van der Waals surface area contributed by atoms with E-state index in [9.17, 15) is 5.26 Å². The van der Waals surface area contributed by atoms with Gasteiger partial charge in [-0.2, -0.15) is 5.26 Å². The van der Waals surface area contributed by atoms with Gasteiger partial charge >= 0.3 is 0 Å². The molecule has 0 atom stereocenters. The fourth-order valence-electron chi connectivity index (χ4n) is 5.23. The van der Waals surface area contributed by atoms with Crippen LogP contribution in [0.2, 0.25) is 0 Å². The minimum absolute atomic E-state index is 0.784. The molecule has 5 aromatic rings. The van der Waals surface area contributed by atoms with Gasteiger partial charge in [0.25, 0.3) is 0 Å². The Bertz CT molecular complexity index is 1460. The lowest BCUT2D eigenvalue weighted by Crippen LogP contribution is -1.97. The summed E-state index contributed by atoms with van der Waals surface area (Å²) >= 11 is 0. The third-order valence-corrected chi connectivity index (χ3v) is 6.23. The molecule has 0 radical (unpaired) electrons. The second-order valence-corrected chi connectivity index (χ2v) is 7.97. The van der Waals surface area contributed by atoms with Gasteiger partial charge in [-0.15, -0.1) is 0 Å². The topological polar surface area (TPSA) is 23.8 Å². The molecule has 0 aromatic heterocycles. The quantitative estimate of drug-likeness (QED) is 0.215. The monoisotopic (exact) mass is 347 g/mol. The molecule has 0 amide bonds. The van der Waals surface area contributed by atoms with Crippen molar-refractivity contribution >= 4 is 43.1 Å². The lowest BCUT2D eigenvalue weighted by molar-refractivity contribution is 1.42. The molecule has 0 aliphatic carbocycles. The lowest BCUT2D eigenvalue weighted by atomic mass is 9.82. The van der Waals surface area contributed by atoms with Crippen LogP contribution in [0.25, 0.3) is 43.1 Å². The molecule has 0 N–H and O–H groups in total. The lowest BCUT2D eigenvalue weighted by Gasteiger charge is -2.21. The maximum Gasteiger partial charge on any atom is 0.0998 e. The summed E-state index contributed by atoms with van der Waals surface area (Å²) in [4.78, 5) is 0. The zero-order valence-corrected chi connectivity index (χ0v) is 16.4. The van der Waals surface area contributed by atoms with Crippen molar-refractivity contribution in [2.45, 2.75) is 34.6 Å². The summed E-state index contributed by atoms with van der Waals surface area (Å²) in [5.41, 5.74) is 7.09. The first kappa shape index (κ1) is 16.1. The molecule has 0 saturated heterocycles. The van der Waals surface area contributed by atoms with Crippen LogP contribution in [0.3, 0.4) is 0 Å². The SMILES string of the molecule is Cc1ccc2c3ccc(C)c4c(C)cc(C#N)c(c5c(C)cc(C)c1c25)c43. The molecule has 0 fully saturated rings. The minimum atomic E-state index is 0.784. The van der Waals surface area contributed by atoms with Crippen molar-refractivity contribution in [1.29, 1.82) is 5.26 Å². The van der Waals surface area contributed by atoms with Gasteiger partial charge in [0, 0.05) is 5.39 Å². The number of fused-ring (bicyclic) bond motifs is 2. The van der Waals surface area contributed by atoms with Crippen LogP contribution in [0, 0.1) is 45.9 Å². The van der Waals surface area contributed by atoms with Gasteiger partial charge in [-0.3, -0.25) is 0 Å². The molecule has 0 aliphatic rings. The first-order valence-corrected chi connectivity index (χ1v) is 9.45. The largest absolute Gasteiger partial charge is 0.192 e. The van der Waals surface area contributed by atoms with Crippen LogP contribution < -0.4 is 0 Å². The van der Waals surface area contributed by atoms with Crippen molar-refractivity contribution in [2.24, 2.45) is 0 Å². The van der Waals surface area contributed by atoms with E-state index >= 15 is 0 Å². The van der Waals surface area contributed by atoms with Crippen LogP contribution in [-0.2, 0) is 0 Å². The van der Waals surface area contributed by atoms with E-state index in [4.69, 9.17) is 0 Å². The number of rotatable bonds is 0. The summed E-state index contributed by atoms with van der Waals surface area (Å²) in [7, 11) is 0. The molecule has 1 nitrogen and oxygen atoms in total. The fourth-order valence-corrected chi connectivity index (χ4v) is 5.23. The Morgan fingerprint density at radius 3 is 1.56 bits per heavy atom. The number of hydrogen-bond acceptors (Lipinski definition) is 1. The molecule has 0 bridgehead atoms. The third kappa shape index (κ3) is 1.88. The zero-order valence-electron chi connectivity index (χ0n) is 16.4. The van der Waals surface area contributed by atoms with Crippen LogP contribution in [0.4, 0.5) is 0 Å². The molecule has 5 aromatic carbocycles. The van der Waals surface area contributed by atoms with Gasteiger partial charge in [-0.05, 0) is 106 Å². The highest BCUT2D eigenvalue weighted by Gasteiger charge is 2.20. The van der Waals surface area contributed by atoms with E-state index in [1.165, 1.54) is 65.5 Å². The molecular formula is C26H21N. The highest BCUT2D eigenvalue weighted by atomic mass is 14.3. The van der Waals surface area contributed by atoms with Crippen LogP contribution >= 0.6 is 0 Å². The fraction of sp³-hybridized carbons (Fsp3) is 0.192. The predicted octanol–water partition coefficient (Wildman–Crippen LogP) is 7.15. The second-order valence-electron chi connectivity index (χ2n) is 7.97. The average molecular weight is 347 g/mol. The molecule has 0 aliphatic heterocycles. The van der Waals surface area contributed by atoms with E-state index in [0.29, 0.717) is 0 Å². The summed E-state index contributed by atoms with van der Waals surface area (Å²) in [5, 5.41) is 20.1. The molecule has 130 valence electrons. The third-order valence-electron chi connectivity index (χ3n) is 6.23. The zero-order chi connectivity index (χ0) is 19.0. The van der Waals surface area contributed by atoms with Gasteiger partial charge in [0.2, 0.25) is 0 Å². The van der Waals surface area contributed by atoms with E-state index in [1.54, 1.807) is 0 Å². The van der Waals surface area contributed by atoms with Crippen LogP contribution in [0.5, 0.6) is 0 Å². The molecule has 1 heteroatoms. The van der Waals surface area contributed by atoms with Gasteiger partial charge < -0.3 is 0 Å². The van der Waals surface area contributed by atoms with Crippen molar-refractivity contribution in [3.63, 3.8) is 0 Å². The van der Waals surface area contributed by atoms with Crippen molar-refractivity contribution < 1.29 is 0 Å². The van der Waals surface area contributed by atoms with Crippen molar-refractivity contribution in [2.75, 3.05) is 0 Å². The Kier molecular flexibility index (Phi) is 3.10. The summed E-state index contributed by atoms with van der Waals surface area (Å²) in [6.45, 7) is 10.9. The van der Waals surface area contributed by atoms with E-state index in [1.807, 2.05) is 0 Å². The Morgan fingerprint density at radius 2 is 1.00 bits per heavy atom. The maximum absolute atomic E-state index is 9.97. The van der Waals surface area contributed by atoms with E-state index in [-0.39, 0.29) is 0 Å². The van der Waals surface area contributed by atoms with E-state index < -0.39 is 0 Å². The van der Waals surface area contributed by atoms with Crippen LogP contribution in [0.1, 0.15) is 33.4 Å². The average Bonchev–Trinajstić information content (AvgIpc) is 2.63. The summed E-state index contributed by atoms with van der Waals surface area (Å²) in [6.07, 6.45) is 0. The Labute approximate surface area is 159 Å². The van der Waals surface area contributed by atoms with Crippen molar-refractivity contribution in [1.82, 2.24) is 0 Å². The van der Waals surface area contributed by atoms with E-state index in [0.717, 1.165) is 10.9 Å². The van der Waals surface area contributed by atoms with Crippen LogP contribution in [0.15, 0.2) is 36.4 Å². The smallest absolute Gasteiger partial charge is 0.0998 e. The highest BCUT2D eigenvalue weighted by Crippen LogP contribution is 2.45. The summed E-state index contributed by atoms with van der Waals surface area (Å²) < 4.78 is 0. The Balaban J connectivity index is 2.33. The number of benzene rings is 5. The molecular weight excluding hydrogens is 326 g/mol. The molecule has 27 heavy (non-hydrogen) atoms. The minimum Gasteiger partial charge on any atom is -0.192 e. The second kappa shape index (κ2) is 5.21. The standard InChI is InChI=1S/C26H21N/c1-13-6-8-19-20-9-7-14(2)22-17(5)11-18(12-27)24(26(20)22)23-16(4)10-15(3)21(13)25(19)23/h6-11H,1-5H3. The highest BCUT2D eigenvalue weighted by molar-refractivity contribution is 6.35. The molecule has 0 heterocycles. The summed E-state index contributed by atoms with van der Waals surface area (Å²) in [6, 6.07) is 15.8. The molecule has 0 spiro atoms. The van der Waals surface area contributed by atoms with Gasteiger partial charge in [0.15, 0.2) is 0 Å². The normalized spacial score (nSPS) is 11.9. The number of nitrogens with zero attached hydrogens (tertiary/aromatic N) is 1. The first-order valence-electron chi connectivity index (χ1n) is 9.45. The Morgan fingerprint density at radius 1 is 0.519 bits per heavy atom. The number of aryl methyl sites for hydroxylation is 5. The van der Waals surface area contributed by atoms with E-state index in [2.05, 4.69) is 77.1 Å².